The topological polar surface area (TPSA) is 73.9 Å². The van der Waals surface area contributed by atoms with Crippen LogP contribution in [-0.2, 0) is 16.1 Å². The van der Waals surface area contributed by atoms with E-state index in [1.54, 1.807) is 12.1 Å². The lowest BCUT2D eigenvalue weighted by Crippen LogP contribution is -2.29. The lowest BCUT2D eigenvalue weighted by atomic mass is 10.2. The third-order valence-electron chi connectivity index (χ3n) is 3.36. The third-order valence-corrected chi connectivity index (χ3v) is 3.36. The van der Waals surface area contributed by atoms with Gasteiger partial charge in [0.1, 0.15) is 6.61 Å². The van der Waals surface area contributed by atoms with Crippen molar-refractivity contribution in [2.45, 2.75) is 6.61 Å². The predicted molar refractivity (Wildman–Crippen MR) is 95.9 cm³/mol. The molecule has 0 aliphatic rings. The Morgan fingerprint density at radius 1 is 1.12 bits per heavy atom. The molecule has 0 aliphatic carbocycles. The fourth-order valence-electron chi connectivity index (χ4n) is 2.06. The molecule has 0 heterocycles. The average molecular weight is 353 g/mol. The molecule has 26 heavy (non-hydrogen) atoms. The Bertz CT molecular complexity index is 796. The third kappa shape index (κ3) is 5.56. The van der Waals surface area contributed by atoms with E-state index in [1.165, 1.54) is 13.2 Å². The van der Waals surface area contributed by atoms with Crippen molar-refractivity contribution < 1.29 is 23.8 Å². The van der Waals surface area contributed by atoms with Gasteiger partial charge in [-0.2, -0.15) is 0 Å². The van der Waals surface area contributed by atoms with Gasteiger partial charge >= 0.3 is 5.97 Å². The van der Waals surface area contributed by atoms with Crippen LogP contribution in [0.2, 0.25) is 0 Å². The molecule has 6 heteroatoms. The Labute approximate surface area is 152 Å². The summed E-state index contributed by atoms with van der Waals surface area (Å²) in [4.78, 5) is 23.4. The summed E-state index contributed by atoms with van der Waals surface area (Å²) in [7, 11) is 1.48. The molecule has 6 nitrogen and oxygen atoms in total. The van der Waals surface area contributed by atoms with Crippen LogP contribution < -0.4 is 14.8 Å². The van der Waals surface area contributed by atoms with Crippen molar-refractivity contribution in [1.82, 2.24) is 5.32 Å². The van der Waals surface area contributed by atoms with E-state index in [4.69, 9.17) is 20.6 Å². The second-order valence-electron chi connectivity index (χ2n) is 5.20. The molecule has 0 aromatic heterocycles. The summed E-state index contributed by atoms with van der Waals surface area (Å²) in [5.41, 5.74) is 1.26. The number of carbonyl (C=O) groups is 2. The number of amides is 1. The van der Waals surface area contributed by atoms with Gasteiger partial charge in [-0.15, -0.1) is 6.42 Å². The van der Waals surface area contributed by atoms with Crippen LogP contribution in [0.15, 0.2) is 48.5 Å². The van der Waals surface area contributed by atoms with E-state index in [1.807, 2.05) is 30.3 Å². The van der Waals surface area contributed by atoms with Gasteiger partial charge in [-0.1, -0.05) is 36.3 Å². The molecule has 1 N–H and O–H groups in total. The summed E-state index contributed by atoms with van der Waals surface area (Å²) in [6.07, 6.45) is 5.03. The fraction of sp³-hybridized carbons (Fsp3) is 0.200. The molecule has 0 atom stereocenters. The smallest absolute Gasteiger partial charge is 0.338 e. The SMILES string of the molecule is C#CCNC(=O)COC(=O)c1ccc(OCc2ccccc2)c(OC)c1. The number of carbonyl (C=O) groups excluding carboxylic acids is 2. The lowest BCUT2D eigenvalue weighted by Gasteiger charge is -2.12. The summed E-state index contributed by atoms with van der Waals surface area (Å²) in [6, 6.07) is 14.3. The summed E-state index contributed by atoms with van der Waals surface area (Å²) in [5.74, 6) is 2.04. The van der Waals surface area contributed by atoms with Crippen LogP contribution in [0.5, 0.6) is 11.5 Å². The van der Waals surface area contributed by atoms with Crippen LogP contribution in [0.1, 0.15) is 15.9 Å². The van der Waals surface area contributed by atoms with E-state index >= 15 is 0 Å². The largest absolute Gasteiger partial charge is 0.493 e. The number of methoxy groups -OCH3 is 1. The summed E-state index contributed by atoms with van der Waals surface area (Å²) >= 11 is 0. The van der Waals surface area contributed by atoms with Crippen LogP contribution in [0, 0.1) is 12.3 Å². The maximum Gasteiger partial charge on any atom is 0.338 e. The monoisotopic (exact) mass is 353 g/mol. The first-order valence-electron chi connectivity index (χ1n) is 7.86. The predicted octanol–water partition coefficient (Wildman–Crippen LogP) is 2.18. The van der Waals surface area contributed by atoms with Crippen molar-refractivity contribution in [3.05, 3.63) is 59.7 Å². The Kier molecular flexibility index (Phi) is 7.07. The van der Waals surface area contributed by atoms with Gasteiger partial charge in [-0.05, 0) is 23.8 Å². The highest BCUT2D eigenvalue weighted by molar-refractivity contribution is 5.92. The van der Waals surface area contributed by atoms with Gasteiger partial charge in [0.25, 0.3) is 5.91 Å². The van der Waals surface area contributed by atoms with Crippen LogP contribution in [0.3, 0.4) is 0 Å². The molecule has 2 rings (SSSR count). The average Bonchev–Trinajstić information content (AvgIpc) is 2.69. The quantitative estimate of drug-likeness (QED) is 0.582. The van der Waals surface area contributed by atoms with Crippen LogP contribution in [0.25, 0.3) is 0 Å². The molecule has 0 spiro atoms. The molecule has 0 saturated heterocycles. The zero-order valence-electron chi connectivity index (χ0n) is 14.4. The molecule has 0 radical (unpaired) electrons. The second-order valence-corrected chi connectivity index (χ2v) is 5.20. The summed E-state index contributed by atoms with van der Waals surface area (Å²) in [5, 5.41) is 2.41. The Hall–Kier alpha value is -3.46. The van der Waals surface area contributed by atoms with Crippen molar-refractivity contribution in [3.63, 3.8) is 0 Å². The molecule has 1 amide bonds. The van der Waals surface area contributed by atoms with Gasteiger partial charge < -0.3 is 19.5 Å². The Balaban J connectivity index is 1.97. The summed E-state index contributed by atoms with van der Waals surface area (Å²) < 4.78 is 15.9. The highest BCUT2D eigenvalue weighted by Gasteiger charge is 2.14. The molecule has 0 bridgehead atoms. The van der Waals surface area contributed by atoms with E-state index in [2.05, 4.69) is 11.2 Å². The standard InChI is InChI=1S/C20H19NO5/c1-3-11-21-19(22)14-26-20(23)16-9-10-17(18(12-16)24-2)25-13-15-7-5-4-6-8-15/h1,4-10,12H,11,13-14H2,2H3,(H,21,22). The zero-order chi connectivity index (χ0) is 18.8. The number of esters is 1. The van der Waals surface area contributed by atoms with Crippen LogP contribution in [-0.4, -0.2) is 32.1 Å². The van der Waals surface area contributed by atoms with Crippen molar-refractivity contribution in [2.75, 3.05) is 20.3 Å². The van der Waals surface area contributed by atoms with E-state index in [0.29, 0.717) is 18.1 Å². The molecule has 134 valence electrons. The number of ether oxygens (including phenoxy) is 3. The first-order chi connectivity index (χ1) is 12.6. The first kappa shape index (κ1) is 18.9. The molecule has 0 unspecified atom stereocenters. The lowest BCUT2D eigenvalue weighted by molar-refractivity contribution is -0.123. The number of nitrogens with one attached hydrogen (secondary N) is 1. The first-order valence-corrected chi connectivity index (χ1v) is 7.86. The van der Waals surface area contributed by atoms with E-state index in [0.717, 1.165) is 5.56 Å². The van der Waals surface area contributed by atoms with Crippen molar-refractivity contribution in [1.29, 1.82) is 0 Å². The number of terminal acetylenes is 1. The van der Waals surface area contributed by atoms with Crippen LogP contribution >= 0.6 is 0 Å². The van der Waals surface area contributed by atoms with Gasteiger partial charge in [-0.25, -0.2) is 4.79 Å². The number of benzene rings is 2. The molecular weight excluding hydrogens is 334 g/mol. The molecule has 2 aromatic rings. The van der Waals surface area contributed by atoms with Crippen molar-refractivity contribution in [2.24, 2.45) is 0 Å². The van der Waals surface area contributed by atoms with E-state index in [-0.39, 0.29) is 12.1 Å². The Morgan fingerprint density at radius 3 is 2.58 bits per heavy atom. The van der Waals surface area contributed by atoms with Gasteiger partial charge in [0.2, 0.25) is 0 Å². The van der Waals surface area contributed by atoms with Gasteiger partial charge in [0.05, 0.1) is 19.2 Å². The number of hydrogen-bond acceptors (Lipinski definition) is 5. The van der Waals surface area contributed by atoms with Gasteiger partial charge in [-0.3, -0.25) is 4.79 Å². The maximum absolute atomic E-state index is 12.0. The van der Waals surface area contributed by atoms with E-state index in [9.17, 15) is 9.59 Å². The van der Waals surface area contributed by atoms with Gasteiger partial charge in [0.15, 0.2) is 18.1 Å². The van der Waals surface area contributed by atoms with Gasteiger partial charge in [0, 0.05) is 0 Å². The van der Waals surface area contributed by atoms with E-state index < -0.39 is 18.5 Å². The molecule has 0 aliphatic heterocycles. The van der Waals surface area contributed by atoms with Crippen molar-refractivity contribution >= 4 is 11.9 Å². The molecule has 0 fully saturated rings. The highest BCUT2D eigenvalue weighted by Crippen LogP contribution is 2.29. The molecular formula is C20H19NO5. The van der Waals surface area contributed by atoms with Crippen molar-refractivity contribution in [3.8, 4) is 23.8 Å². The summed E-state index contributed by atoms with van der Waals surface area (Å²) in [6.45, 7) is 0.0447. The number of rotatable bonds is 8. The van der Waals surface area contributed by atoms with Crippen LogP contribution in [0.4, 0.5) is 0 Å². The maximum atomic E-state index is 12.0. The molecule has 0 saturated carbocycles. The molecule has 2 aromatic carbocycles. The minimum atomic E-state index is -0.645. The minimum absolute atomic E-state index is 0.0810. The Morgan fingerprint density at radius 2 is 1.88 bits per heavy atom. The number of hydrogen-bond donors (Lipinski definition) is 1. The second kappa shape index (κ2) is 9.74. The fourth-order valence-corrected chi connectivity index (χ4v) is 2.06. The minimum Gasteiger partial charge on any atom is -0.493 e. The highest BCUT2D eigenvalue weighted by atomic mass is 16.5. The zero-order valence-corrected chi connectivity index (χ0v) is 14.4. The normalized spacial score (nSPS) is 9.69.